The molecule has 3 amide bonds. The second-order valence-corrected chi connectivity index (χ2v) is 9.52. The lowest BCUT2D eigenvalue weighted by Gasteiger charge is -2.34. The van der Waals surface area contributed by atoms with Crippen molar-refractivity contribution >= 4 is 23.9 Å². The van der Waals surface area contributed by atoms with Crippen molar-refractivity contribution in [1.29, 1.82) is 0 Å². The summed E-state index contributed by atoms with van der Waals surface area (Å²) < 4.78 is 10.1. The third-order valence-corrected chi connectivity index (χ3v) is 5.18. The summed E-state index contributed by atoms with van der Waals surface area (Å²) >= 11 is 0. The average Bonchev–Trinajstić information content (AvgIpc) is 3.59. The fourth-order valence-electron chi connectivity index (χ4n) is 3.58. The van der Waals surface area contributed by atoms with E-state index in [1.54, 1.807) is 39.8 Å². The first-order chi connectivity index (χ1) is 16.5. The van der Waals surface area contributed by atoms with Gasteiger partial charge >= 0.3 is 12.1 Å². The van der Waals surface area contributed by atoms with Crippen LogP contribution in [0, 0.1) is 6.92 Å². The van der Waals surface area contributed by atoms with Crippen molar-refractivity contribution in [3.63, 3.8) is 0 Å². The van der Waals surface area contributed by atoms with Gasteiger partial charge in [0.25, 0.3) is 0 Å². The van der Waals surface area contributed by atoms with E-state index in [1.165, 1.54) is 4.90 Å². The number of rotatable bonds is 11. The second kappa shape index (κ2) is 12.5. The molecular formula is C25H37N3O7. The summed E-state index contributed by atoms with van der Waals surface area (Å²) in [6.07, 6.45) is 0.534. The van der Waals surface area contributed by atoms with Gasteiger partial charge in [-0.05, 0) is 53.0 Å². The van der Waals surface area contributed by atoms with E-state index in [1.807, 2.05) is 19.1 Å². The Balaban J connectivity index is 2.30. The topological polar surface area (TPSA) is 134 Å². The number of carbonyl (C=O) groups excluding carboxylic acids is 4. The van der Waals surface area contributed by atoms with Gasteiger partial charge < -0.3 is 30.1 Å². The second-order valence-electron chi connectivity index (χ2n) is 9.52. The molecule has 2 unspecified atom stereocenters. The van der Waals surface area contributed by atoms with Gasteiger partial charge in [0.1, 0.15) is 17.7 Å². The van der Waals surface area contributed by atoms with Crippen LogP contribution in [-0.4, -0.2) is 71.3 Å². The lowest BCUT2D eigenvalue weighted by Crippen LogP contribution is -2.55. The highest BCUT2D eigenvalue weighted by Crippen LogP contribution is 2.35. The highest BCUT2D eigenvalue weighted by molar-refractivity contribution is 5.92. The Bertz CT molecular complexity index is 909. The van der Waals surface area contributed by atoms with E-state index in [0.29, 0.717) is 18.4 Å². The molecule has 0 bridgehead atoms. The Labute approximate surface area is 206 Å². The number of hydrogen-bond acceptors (Lipinski definition) is 7. The number of nitrogens with one attached hydrogen (secondary N) is 2. The highest BCUT2D eigenvalue weighted by atomic mass is 16.6. The van der Waals surface area contributed by atoms with Gasteiger partial charge in [-0.3, -0.25) is 14.4 Å². The Kier molecular flexibility index (Phi) is 10.1. The van der Waals surface area contributed by atoms with Crippen molar-refractivity contribution in [1.82, 2.24) is 15.5 Å². The highest BCUT2D eigenvalue weighted by Gasteiger charge is 2.44. The van der Waals surface area contributed by atoms with Crippen molar-refractivity contribution in [2.75, 3.05) is 19.8 Å². The summed E-state index contributed by atoms with van der Waals surface area (Å²) in [5.41, 5.74) is 0.708. The monoisotopic (exact) mass is 491 g/mol. The van der Waals surface area contributed by atoms with Gasteiger partial charge in [-0.1, -0.05) is 29.8 Å². The van der Waals surface area contributed by atoms with Gasteiger partial charge in [-0.25, -0.2) is 4.79 Å². The fraction of sp³-hybridized carbons (Fsp3) is 0.600. The van der Waals surface area contributed by atoms with Crippen LogP contribution >= 0.6 is 0 Å². The van der Waals surface area contributed by atoms with Gasteiger partial charge in [0.05, 0.1) is 19.6 Å². The smallest absolute Gasteiger partial charge is 0.408 e. The number of esters is 1. The van der Waals surface area contributed by atoms with Gasteiger partial charge in [0.15, 0.2) is 0 Å². The van der Waals surface area contributed by atoms with Crippen LogP contribution < -0.4 is 10.6 Å². The van der Waals surface area contributed by atoms with Crippen LogP contribution in [0.5, 0.6) is 0 Å². The molecule has 2 rings (SSSR count). The first-order valence-electron chi connectivity index (χ1n) is 11.9. The van der Waals surface area contributed by atoms with Crippen molar-refractivity contribution in [3.8, 4) is 0 Å². The number of benzene rings is 1. The molecule has 0 spiro atoms. The molecule has 3 N–H and O–H groups in total. The molecule has 1 aromatic carbocycles. The van der Waals surface area contributed by atoms with E-state index >= 15 is 0 Å². The molecule has 35 heavy (non-hydrogen) atoms. The van der Waals surface area contributed by atoms with Crippen LogP contribution in [0.2, 0.25) is 0 Å². The summed E-state index contributed by atoms with van der Waals surface area (Å²) in [5, 5.41) is 15.1. The largest absolute Gasteiger partial charge is 0.466 e. The zero-order chi connectivity index (χ0) is 26.2. The third kappa shape index (κ3) is 8.86. The molecule has 0 aliphatic heterocycles. The maximum absolute atomic E-state index is 13.6. The van der Waals surface area contributed by atoms with Crippen LogP contribution in [-0.2, 0) is 23.9 Å². The van der Waals surface area contributed by atoms with E-state index in [2.05, 4.69) is 10.6 Å². The number of alkyl carbamates (subject to hydrolysis) is 1. The van der Waals surface area contributed by atoms with Gasteiger partial charge in [-0.15, -0.1) is 0 Å². The first kappa shape index (κ1) is 28.1. The van der Waals surface area contributed by atoms with Crippen LogP contribution in [0.1, 0.15) is 64.1 Å². The molecule has 1 aliphatic carbocycles. The number of carbonyl (C=O) groups is 4. The Morgan fingerprint density at radius 1 is 1.20 bits per heavy atom. The minimum Gasteiger partial charge on any atom is -0.466 e. The van der Waals surface area contributed by atoms with Crippen molar-refractivity contribution < 1.29 is 33.8 Å². The molecule has 2 atom stereocenters. The van der Waals surface area contributed by atoms with Crippen LogP contribution in [0.15, 0.2) is 24.3 Å². The summed E-state index contributed by atoms with van der Waals surface area (Å²) in [4.78, 5) is 52.3. The average molecular weight is 492 g/mol. The molecule has 1 aromatic rings. The van der Waals surface area contributed by atoms with Gasteiger partial charge in [-0.2, -0.15) is 0 Å². The molecule has 10 heteroatoms. The van der Waals surface area contributed by atoms with Crippen molar-refractivity contribution in [2.45, 2.75) is 77.6 Å². The van der Waals surface area contributed by atoms with Gasteiger partial charge in [0, 0.05) is 12.6 Å². The molecule has 0 saturated heterocycles. The molecule has 1 aliphatic rings. The maximum Gasteiger partial charge on any atom is 0.408 e. The minimum absolute atomic E-state index is 0.00302. The molecule has 1 fully saturated rings. The minimum atomic E-state index is -1.29. The maximum atomic E-state index is 13.6. The number of amides is 3. The van der Waals surface area contributed by atoms with Crippen molar-refractivity contribution in [3.05, 3.63) is 35.4 Å². The zero-order valence-electron chi connectivity index (χ0n) is 21.1. The summed E-state index contributed by atoms with van der Waals surface area (Å²) in [6.45, 7) is 8.28. The number of hydrogen-bond donors (Lipinski definition) is 3. The van der Waals surface area contributed by atoms with Crippen LogP contribution in [0.25, 0.3) is 0 Å². The summed E-state index contributed by atoms with van der Waals surface area (Å²) in [6, 6.07) is 4.72. The Morgan fingerprint density at radius 3 is 2.43 bits per heavy atom. The number of aliphatic hydroxyl groups is 1. The fourth-order valence-corrected chi connectivity index (χ4v) is 3.58. The third-order valence-electron chi connectivity index (χ3n) is 5.18. The lowest BCUT2D eigenvalue weighted by atomic mass is 10.0. The molecule has 0 aromatic heterocycles. The Morgan fingerprint density at radius 2 is 1.89 bits per heavy atom. The predicted octanol–water partition coefficient (Wildman–Crippen LogP) is 1.98. The van der Waals surface area contributed by atoms with E-state index in [4.69, 9.17) is 9.47 Å². The number of aliphatic hydroxyl groups excluding tert-OH is 1. The summed E-state index contributed by atoms with van der Waals surface area (Å²) in [7, 11) is 0. The zero-order valence-corrected chi connectivity index (χ0v) is 21.1. The van der Waals surface area contributed by atoms with E-state index in [-0.39, 0.29) is 25.6 Å². The summed E-state index contributed by atoms with van der Waals surface area (Å²) in [5.74, 6) is -1.49. The van der Waals surface area contributed by atoms with Crippen molar-refractivity contribution in [2.24, 2.45) is 0 Å². The SMILES string of the molecule is CCOC(=O)CCNC(=O)C(c1cccc(C)c1)N(C(=O)C(CO)NC(=O)OC(C)(C)C)C1CC1. The lowest BCUT2D eigenvalue weighted by molar-refractivity contribution is -0.145. The molecule has 0 radical (unpaired) electrons. The van der Waals surface area contributed by atoms with Crippen LogP contribution in [0.3, 0.4) is 0 Å². The molecule has 194 valence electrons. The first-order valence-corrected chi connectivity index (χ1v) is 11.9. The quantitative estimate of drug-likeness (QED) is 0.403. The van der Waals surface area contributed by atoms with Crippen LogP contribution in [0.4, 0.5) is 4.79 Å². The number of ether oxygens (including phenoxy) is 2. The van der Waals surface area contributed by atoms with E-state index in [9.17, 15) is 24.3 Å². The normalized spacial score (nSPS) is 14.9. The molecular weight excluding hydrogens is 454 g/mol. The molecule has 0 heterocycles. The standard InChI is InChI=1S/C25H37N3O7/c1-6-34-20(30)12-13-26-22(31)21(17-9-7-8-16(2)14-17)28(18-10-11-18)23(32)19(15-29)27-24(33)35-25(3,4)5/h7-9,14,18-19,21,29H,6,10-13,15H2,1-5H3,(H,26,31)(H,27,33). The van der Waals surface area contributed by atoms with Gasteiger partial charge in [0.2, 0.25) is 11.8 Å². The van der Waals surface area contributed by atoms with E-state index < -0.39 is 48.2 Å². The molecule has 10 nitrogen and oxygen atoms in total. The van der Waals surface area contributed by atoms with E-state index in [0.717, 1.165) is 5.56 Å². The number of aryl methyl sites for hydroxylation is 1. The molecule has 1 saturated carbocycles. The number of nitrogens with zero attached hydrogens (tertiary/aromatic N) is 1. The Hall–Kier alpha value is -3.14. The predicted molar refractivity (Wildman–Crippen MR) is 128 cm³/mol.